The van der Waals surface area contributed by atoms with Gasteiger partial charge in [0.25, 0.3) is 0 Å². The fraction of sp³-hybridized carbons (Fsp3) is 0.320. The van der Waals surface area contributed by atoms with Crippen molar-refractivity contribution < 1.29 is 28.4 Å². The topological polar surface area (TPSA) is 71.5 Å². The molecule has 0 saturated carbocycles. The fourth-order valence-corrected chi connectivity index (χ4v) is 4.16. The van der Waals surface area contributed by atoms with Gasteiger partial charge >= 0.3 is 0 Å². The van der Waals surface area contributed by atoms with Crippen molar-refractivity contribution in [2.75, 3.05) is 55.4 Å². The highest BCUT2D eigenvalue weighted by atomic mass is 16.7. The second-order valence-corrected chi connectivity index (χ2v) is 8.05. The van der Waals surface area contributed by atoms with E-state index in [1.807, 2.05) is 44.4 Å². The van der Waals surface area contributed by atoms with Crippen molar-refractivity contribution in [3.05, 3.63) is 30.3 Å². The maximum atomic E-state index is 6.30. The molecule has 3 aromatic carbocycles. The highest BCUT2D eigenvalue weighted by Crippen LogP contribution is 2.46. The second kappa shape index (κ2) is 8.37. The maximum Gasteiger partial charge on any atom is 0.231 e. The molecule has 0 spiro atoms. The van der Waals surface area contributed by atoms with E-state index in [9.17, 15) is 0 Å². The number of aromatic nitrogens is 1. The molecule has 8 heteroatoms. The molecule has 1 aromatic heterocycles. The Balaban J connectivity index is 1.88. The first-order valence-corrected chi connectivity index (χ1v) is 10.6. The summed E-state index contributed by atoms with van der Waals surface area (Å²) in [6, 6.07) is 9.77. The smallest absolute Gasteiger partial charge is 0.231 e. The molecule has 0 saturated heterocycles. The van der Waals surface area contributed by atoms with Crippen LogP contribution in [0.5, 0.6) is 34.6 Å². The zero-order chi connectivity index (χ0) is 23.1. The van der Waals surface area contributed by atoms with Crippen LogP contribution in [0.2, 0.25) is 0 Å². The standard InChI is InChI=1S/C25H26N2O6/c1-27(2)6-7-31-22-9-14-8-20-21(33-13-32-20)10-15(14)24-23(22)16-11-18(28-3)19(29-4)12-17(16)25(26-24)30-5/h8-12H,6-7,13H2,1-5H3. The predicted molar refractivity (Wildman–Crippen MR) is 127 cm³/mol. The first-order valence-electron chi connectivity index (χ1n) is 10.6. The van der Waals surface area contributed by atoms with Crippen molar-refractivity contribution in [1.82, 2.24) is 9.88 Å². The van der Waals surface area contributed by atoms with Crippen LogP contribution < -0.4 is 28.4 Å². The monoisotopic (exact) mass is 450 g/mol. The van der Waals surface area contributed by atoms with Gasteiger partial charge in [-0.2, -0.15) is 0 Å². The molecule has 172 valence electrons. The van der Waals surface area contributed by atoms with Crippen LogP contribution in [0.15, 0.2) is 30.3 Å². The molecule has 0 unspecified atom stereocenters. The van der Waals surface area contributed by atoms with E-state index >= 15 is 0 Å². The van der Waals surface area contributed by atoms with Gasteiger partial charge in [-0.3, -0.25) is 0 Å². The minimum atomic E-state index is 0.201. The number of benzene rings is 3. The van der Waals surface area contributed by atoms with Crippen LogP contribution in [0.1, 0.15) is 0 Å². The van der Waals surface area contributed by atoms with Gasteiger partial charge in [0, 0.05) is 22.7 Å². The van der Waals surface area contributed by atoms with E-state index in [4.69, 9.17) is 33.4 Å². The Kier molecular flexibility index (Phi) is 5.38. The third-order valence-corrected chi connectivity index (χ3v) is 5.80. The van der Waals surface area contributed by atoms with Gasteiger partial charge in [0.1, 0.15) is 12.4 Å². The molecule has 0 radical (unpaired) electrons. The van der Waals surface area contributed by atoms with E-state index in [0.717, 1.165) is 44.7 Å². The van der Waals surface area contributed by atoms with Crippen LogP contribution in [0.25, 0.3) is 32.4 Å². The lowest BCUT2D eigenvalue weighted by Gasteiger charge is -2.18. The van der Waals surface area contributed by atoms with Crippen LogP contribution >= 0.6 is 0 Å². The minimum absolute atomic E-state index is 0.201. The molecule has 0 fully saturated rings. The molecule has 2 heterocycles. The van der Waals surface area contributed by atoms with E-state index in [1.54, 1.807) is 21.3 Å². The van der Waals surface area contributed by atoms with E-state index in [-0.39, 0.29) is 6.79 Å². The first kappa shape index (κ1) is 21.2. The summed E-state index contributed by atoms with van der Waals surface area (Å²) in [6.45, 7) is 1.50. The first-order chi connectivity index (χ1) is 16.0. The van der Waals surface area contributed by atoms with E-state index in [1.165, 1.54) is 0 Å². The average molecular weight is 450 g/mol. The summed E-state index contributed by atoms with van der Waals surface area (Å²) >= 11 is 0. The highest BCUT2D eigenvalue weighted by Gasteiger charge is 2.22. The SMILES string of the molecule is COc1cc2c(OC)nc3c4cc5c(cc4cc(OCCN(C)C)c3c2cc1OC)OCO5. The van der Waals surface area contributed by atoms with Crippen molar-refractivity contribution in [3.63, 3.8) is 0 Å². The van der Waals surface area contributed by atoms with Crippen LogP contribution in [0, 0.1) is 0 Å². The Labute approximate surface area is 191 Å². The molecule has 5 rings (SSSR count). The molecular weight excluding hydrogens is 424 g/mol. The molecule has 33 heavy (non-hydrogen) atoms. The van der Waals surface area contributed by atoms with Crippen LogP contribution in [0.3, 0.4) is 0 Å². The Morgan fingerprint density at radius 1 is 0.818 bits per heavy atom. The summed E-state index contributed by atoms with van der Waals surface area (Å²) in [6.07, 6.45) is 0. The number of ether oxygens (including phenoxy) is 6. The fourth-order valence-electron chi connectivity index (χ4n) is 4.16. The molecule has 8 nitrogen and oxygen atoms in total. The number of hydrogen-bond acceptors (Lipinski definition) is 8. The van der Waals surface area contributed by atoms with Gasteiger partial charge in [0.05, 0.1) is 32.2 Å². The lowest BCUT2D eigenvalue weighted by atomic mass is 9.99. The zero-order valence-electron chi connectivity index (χ0n) is 19.4. The lowest BCUT2D eigenvalue weighted by molar-refractivity contribution is 0.174. The van der Waals surface area contributed by atoms with Crippen LogP contribution in [-0.4, -0.2) is 65.3 Å². The summed E-state index contributed by atoms with van der Waals surface area (Å²) in [5.41, 5.74) is 0.752. The summed E-state index contributed by atoms with van der Waals surface area (Å²) in [4.78, 5) is 6.98. The molecule has 4 aromatic rings. The van der Waals surface area contributed by atoms with E-state index < -0.39 is 0 Å². The summed E-state index contributed by atoms with van der Waals surface area (Å²) in [7, 11) is 8.87. The Hall–Kier alpha value is -3.65. The van der Waals surface area contributed by atoms with Gasteiger partial charge in [-0.05, 0) is 49.8 Å². The lowest BCUT2D eigenvalue weighted by Crippen LogP contribution is -2.19. The normalized spacial score (nSPS) is 12.7. The molecule has 1 aliphatic rings. The van der Waals surface area contributed by atoms with Crippen molar-refractivity contribution in [2.24, 2.45) is 0 Å². The van der Waals surface area contributed by atoms with E-state index in [2.05, 4.69) is 4.90 Å². The largest absolute Gasteiger partial charge is 0.493 e. The summed E-state index contributed by atoms with van der Waals surface area (Å²) in [5.74, 6) is 3.83. The van der Waals surface area contributed by atoms with Crippen molar-refractivity contribution >= 4 is 32.4 Å². The van der Waals surface area contributed by atoms with Gasteiger partial charge in [-0.25, -0.2) is 4.98 Å². The molecule has 1 aliphatic heterocycles. The third-order valence-electron chi connectivity index (χ3n) is 5.80. The molecule has 0 aliphatic carbocycles. The number of likely N-dealkylation sites (N-methyl/N-ethyl adjacent to an activating group) is 1. The Morgan fingerprint density at radius 3 is 2.18 bits per heavy atom. The van der Waals surface area contributed by atoms with Crippen LogP contribution in [0.4, 0.5) is 0 Å². The predicted octanol–water partition coefficient (Wildman–Crippen LogP) is 4.24. The number of methoxy groups -OCH3 is 3. The molecular formula is C25H26N2O6. The summed E-state index contributed by atoms with van der Waals surface area (Å²) in [5, 5.41) is 4.44. The molecule has 0 atom stereocenters. The zero-order valence-corrected chi connectivity index (χ0v) is 19.4. The highest BCUT2D eigenvalue weighted by molar-refractivity contribution is 6.20. The van der Waals surface area contributed by atoms with Gasteiger partial charge < -0.3 is 33.3 Å². The van der Waals surface area contributed by atoms with Gasteiger partial charge in [-0.1, -0.05) is 0 Å². The average Bonchev–Trinajstić information content (AvgIpc) is 3.28. The third kappa shape index (κ3) is 3.56. The maximum absolute atomic E-state index is 6.30. The second-order valence-electron chi connectivity index (χ2n) is 8.05. The quantitative estimate of drug-likeness (QED) is 0.387. The number of rotatable bonds is 7. The molecule has 0 bridgehead atoms. The van der Waals surface area contributed by atoms with Gasteiger partial charge in [-0.15, -0.1) is 0 Å². The Bertz CT molecular complexity index is 1370. The van der Waals surface area contributed by atoms with Gasteiger partial charge in [0.15, 0.2) is 23.0 Å². The van der Waals surface area contributed by atoms with Crippen molar-refractivity contribution in [1.29, 1.82) is 0 Å². The number of nitrogens with zero attached hydrogens (tertiary/aromatic N) is 2. The van der Waals surface area contributed by atoms with Gasteiger partial charge in [0.2, 0.25) is 12.7 Å². The summed E-state index contributed by atoms with van der Waals surface area (Å²) < 4.78 is 34.3. The van der Waals surface area contributed by atoms with Crippen molar-refractivity contribution in [2.45, 2.75) is 0 Å². The minimum Gasteiger partial charge on any atom is -0.493 e. The molecule has 0 amide bonds. The molecule has 0 N–H and O–H groups in total. The number of pyridine rings is 1. The van der Waals surface area contributed by atoms with Crippen molar-refractivity contribution in [3.8, 4) is 34.6 Å². The number of hydrogen-bond donors (Lipinski definition) is 0. The Morgan fingerprint density at radius 2 is 1.52 bits per heavy atom. The van der Waals surface area contributed by atoms with E-state index in [0.29, 0.717) is 35.5 Å². The number of fused-ring (bicyclic) bond motifs is 6. The van der Waals surface area contributed by atoms with Crippen LogP contribution in [-0.2, 0) is 0 Å².